The summed E-state index contributed by atoms with van der Waals surface area (Å²) in [5.41, 5.74) is 6.54. The molecule has 0 saturated carbocycles. The van der Waals surface area contributed by atoms with Crippen LogP contribution in [0.3, 0.4) is 0 Å². The molecule has 0 aliphatic heterocycles. The zero-order valence-electron chi connectivity index (χ0n) is 12.6. The number of anilines is 1. The summed E-state index contributed by atoms with van der Waals surface area (Å²) in [5.74, 6) is -0.198. The Bertz CT molecular complexity index is 433. The lowest BCUT2D eigenvalue weighted by Crippen LogP contribution is -2.43. The van der Waals surface area contributed by atoms with E-state index in [1.807, 2.05) is 13.8 Å². The molecule has 0 saturated heterocycles. The standard InChI is InChI=1S/C13H24N4O3/c1-5-16-8-11(14)12(15-16)13(18)17(6-7-19-3)10(2)9-20-4/h8,10H,5-7,9,14H2,1-4H3. The summed E-state index contributed by atoms with van der Waals surface area (Å²) in [6, 6.07) is -0.0752. The Labute approximate surface area is 119 Å². The van der Waals surface area contributed by atoms with E-state index in [4.69, 9.17) is 15.2 Å². The molecule has 1 aromatic heterocycles. The number of amides is 1. The highest BCUT2D eigenvalue weighted by Crippen LogP contribution is 2.14. The van der Waals surface area contributed by atoms with Crippen LogP contribution in [-0.4, -0.2) is 60.6 Å². The van der Waals surface area contributed by atoms with Crippen LogP contribution >= 0.6 is 0 Å². The number of nitrogen functional groups attached to an aromatic ring is 1. The second-order valence-corrected chi connectivity index (χ2v) is 4.58. The molecule has 7 heteroatoms. The lowest BCUT2D eigenvalue weighted by Gasteiger charge is -2.28. The molecule has 0 aliphatic rings. The minimum atomic E-state index is -0.198. The number of methoxy groups -OCH3 is 2. The van der Waals surface area contributed by atoms with Crippen LogP contribution in [0.5, 0.6) is 0 Å². The second kappa shape index (κ2) is 7.86. The predicted octanol–water partition coefficient (Wildman–Crippen LogP) is 0.609. The van der Waals surface area contributed by atoms with Gasteiger partial charge in [0, 0.05) is 33.5 Å². The topological polar surface area (TPSA) is 82.6 Å². The van der Waals surface area contributed by atoms with E-state index in [-0.39, 0.29) is 17.6 Å². The number of carbonyl (C=O) groups excluding carboxylic acids is 1. The molecule has 20 heavy (non-hydrogen) atoms. The number of aryl methyl sites for hydroxylation is 1. The number of aromatic nitrogens is 2. The molecule has 2 N–H and O–H groups in total. The molecule has 0 radical (unpaired) electrons. The van der Waals surface area contributed by atoms with Crippen molar-refractivity contribution in [3.63, 3.8) is 0 Å². The minimum absolute atomic E-state index is 0.0752. The summed E-state index contributed by atoms with van der Waals surface area (Å²) in [4.78, 5) is 14.2. The monoisotopic (exact) mass is 284 g/mol. The molecule has 0 spiro atoms. The molecule has 0 bridgehead atoms. The predicted molar refractivity (Wildman–Crippen MR) is 76.6 cm³/mol. The van der Waals surface area contributed by atoms with Crippen LogP contribution in [0.15, 0.2) is 6.20 Å². The highest BCUT2D eigenvalue weighted by Gasteiger charge is 2.25. The lowest BCUT2D eigenvalue weighted by atomic mass is 10.2. The fraction of sp³-hybridized carbons (Fsp3) is 0.692. The van der Waals surface area contributed by atoms with Crippen molar-refractivity contribution in [2.45, 2.75) is 26.4 Å². The van der Waals surface area contributed by atoms with E-state index >= 15 is 0 Å². The van der Waals surface area contributed by atoms with E-state index in [1.54, 1.807) is 30.0 Å². The average Bonchev–Trinajstić information content (AvgIpc) is 2.80. The third-order valence-electron chi connectivity index (χ3n) is 3.05. The van der Waals surface area contributed by atoms with Crippen LogP contribution in [0.2, 0.25) is 0 Å². The van der Waals surface area contributed by atoms with Crippen LogP contribution in [0.25, 0.3) is 0 Å². The summed E-state index contributed by atoms with van der Waals surface area (Å²) < 4.78 is 11.8. The Morgan fingerprint density at radius 3 is 2.70 bits per heavy atom. The molecule has 1 rings (SSSR count). The number of ether oxygens (including phenoxy) is 2. The van der Waals surface area contributed by atoms with Gasteiger partial charge in [-0.1, -0.05) is 0 Å². The van der Waals surface area contributed by atoms with Crippen molar-refractivity contribution >= 4 is 11.6 Å². The van der Waals surface area contributed by atoms with Crippen LogP contribution in [0, 0.1) is 0 Å². The third kappa shape index (κ3) is 3.94. The maximum atomic E-state index is 12.6. The lowest BCUT2D eigenvalue weighted by molar-refractivity contribution is 0.0474. The molecule has 7 nitrogen and oxygen atoms in total. The zero-order chi connectivity index (χ0) is 15.1. The summed E-state index contributed by atoms with van der Waals surface area (Å²) in [6.07, 6.45) is 1.67. The molecule has 0 aliphatic carbocycles. The largest absolute Gasteiger partial charge is 0.396 e. The van der Waals surface area contributed by atoms with Crippen molar-refractivity contribution in [2.75, 3.05) is 39.7 Å². The van der Waals surface area contributed by atoms with Crippen LogP contribution < -0.4 is 5.73 Å². The van der Waals surface area contributed by atoms with Gasteiger partial charge in [-0.05, 0) is 13.8 Å². The SMILES string of the molecule is CCn1cc(N)c(C(=O)N(CCOC)C(C)COC)n1. The molecular weight excluding hydrogens is 260 g/mol. The van der Waals surface area contributed by atoms with E-state index in [0.29, 0.717) is 32.0 Å². The van der Waals surface area contributed by atoms with Crippen molar-refractivity contribution in [3.05, 3.63) is 11.9 Å². The fourth-order valence-corrected chi connectivity index (χ4v) is 1.94. The maximum Gasteiger partial charge on any atom is 0.276 e. The van der Waals surface area contributed by atoms with E-state index < -0.39 is 0 Å². The van der Waals surface area contributed by atoms with Crippen molar-refractivity contribution < 1.29 is 14.3 Å². The molecule has 1 atom stereocenters. The summed E-state index contributed by atoms with van der Waals surface area (Å²) >= 11 is 0. The van der Waals surface area contributed by atoms with Crippen LogP contribution in [0.1, 0.15) is 24.3 Å². The van der Waals surface area contributed by atoms with Gasteiger partial charge in [-0.25, -0.2) is 0 Å². The molecule has 114 valence electrons. The van der Waals surface area contributed by atoms with Gasteiger partial charge in [-0.15, -0.1) is 0 Å². The Kier molecular flexibility index (Phi) is 6.47. The number of nitrogens with two attached hydrogens (primary N) is 1. The average molecular weight is 284 g/mol. The molecule has 1 unspecified atom stereocenters. The normalized spacial score (nSPS) is 12.4. The number of hydrogen-bond acceptors (Lipinski definition) is 5. The first-order valence-electron chi connectivity index (χ1n) is 6.66. The van der Waals surface area contributed by atoms with Gasteiger partial charge >= 0.3 is 0 Å². The summed E-state index contributed by atoms with van der Waals surface area (Å²) in [6.45, 7) is 5.90. The van der Waals surface area contributed by atoms with Crippen LogP contribution in [-0.2, 0) is 16.0 Å². The fourth-order valence-electron chi connectivity index (χ4n) is 1.94. The van der Waals surface area contributed by atoms with Crippen molar-refractivity contribution in [2.24, 2.45) is 0 Å². The maximum absolute atomic E-state index is 12.6. The van der Waals surface area contributed by atoms with Gasteiger partial charge in [0.25, 0.3) is 5.91 Å². The van der Waals surface area contributed by atoms with Gasteiger partial charge in [-0.3, -0.25) is 9.48 Å². The molecular formula is C13H24N4O3. The third-order valence-corrected chi connectivity index (χ3v) is 3.05. The van der Waals surface area contributed by atoms with E-state index in [2.05, 4.69) is 5.10 Å². The quantitative estimate of drug-likeness (QED) is 0.756. The van der Waals surface area contributed by atoms with Gasteiger partial charge in [-0.2, -0.15) is 5.10 Å². The van der Waals surface area contributed by atoms with E-state index in [9.17, 15) is 4.79 Å². The first-order chi connectivity index (χ1) is 9.54. The zero-order valence-corrected chi connectivity index (χ0v) is 12.6. The van der Waals surface area contributed by atoms with E-state index in [0.717, 1.165) is 0 Å². The molecule has 1 aromatic rings. The number of hydrogen-bond donors (Lipinski definition) is 1. The number of nitrogens with zero attached hydrogens (tertiary/aromatic N) is 3. The first kappa shape index (κ1) is 16.5. The first-order valence-corrected chi connectivity index (χ1v) is 6.66. The van der Waals surface area contributed by atoms with Gasteiger partial charge in [0.05, 0.1) is 24.9 Å². The Morgan fingerprint density at radius 2 is 2.20 bits per heavy atom. The Hall–Kier alpha value is -1.60. The molecule has 0 fully saturated rings. The summed E-state index contributed by atoms with van der Waals surface area (Å²) in [7, 11) is 3.21. The van der Waals surface area contributed by atoms with E-state index in [1.165, 1.54) is 0 Å². The van der Waals surface area contributed by atoms with Crippen molar-refractivity contribution in [1.29, 1.82) is 0 Å². The highest BCUT2D eigenvalue weighted by atomic mass is 16.5. The van der Waals surface area contributed by atoms with Crippen LogP contribution in [0.4, 0.5) is 5.69 Å². The van der Waals surface area contributed by atoms with Gasteiger partial charge in [0.15, 0.2) is 5.69 Å². The van der Waals surface area contributed by atoms with Gasteiger partial charge in [0.2, 0.25) is 0 Å². The number of rotatable bonds is 8. The van der Waals surface area contributed by atoms with Crippen molar-refractivity contribution in [1.82, 2.24) is 14.7 Å². The van der Waals surface area contributed by atoms with Crippen molar-refractivity contribution in [3.8, 4) is 0 Å². The molecule has 1 amide bonds. The van der Waals surface area contributed by atoms with Gasteiger partial charge in [0.1, 0.15) is 0 Å². The Balaban J connectivity index is 2.93. The minimum Gasteiger partial charge on any atom is -0.396 e. The number of carbonyl (C=O) groups is 1. The van der Waals surface area contributed by atoms with Gasteiger partial charge < -0.3 is 20.1 Å². The Morgan fingerprint density at radius 1 is 1.50 bits per heavy atom. The smallest absolute Gasteiger partial charge is 0.276 e. The highest BCUT2D eigenvalue weighted by molar-refractivity contribution is 5.97. The summed E-state index contributed by atoms with van der Waals surface area (Å²) in [5, 5.41) is 4.22. The second-order valence-electron chi connectivity index (χ2n) is 4.58. The molecule has 1 heterocycles. The molecule has 0 aromatic carbocycles.